The summed E-state index contributed by atoms with van der Waals surface area (Å²) in [6.07, 6.45) is 0.106. The summed E-state index contributed by atoms with van der Waals surface area (Å²) in [6, 6.07) is 7.40. The van der Waals surface area contributed by atoms with E-state index in [-0.39, 0.29) is 6.10 Å². The Morgan fingerprint density at radius 2 is 1.86 bits per heavy atom. The Morgan fingerprint density at radius 3 is 2.33 bits per heavy atom. The molecule has 0 saturated carbocycles. The van der Waals surface area contributed by atoms with E-state index in [4.69, 9.17) is 4.74 Å². The van der Waals surface area contributed by atoms with Gasteiger partial charge in [0.1, 0.15) is 11.3 Å². The van der Waals surface area contributed by atoms with Gasteiger partial charge in [0.05, 0.1) is 6.10 Å². The van der Waals surface area contributed by atoms with Crippen LogP contribution in [0.2, 0.25) is 0 Å². The Kier molecular flexibility index (Phi) is 4.85. The molecule has 1 aliphatic rings. The summed E-state index contributed by atoms with van der Waals surface area (Å²) in [5.74, 6) is -0.0521. The van der Waals surface area contributed by atoms with Gasteiger partial charge in [-0.1, -0.05) is 12.1 Å². The number of aliphatic carboxylic acids is 1. The van der Waals surface area contributed by atoms with Crippen LogP contribution in [0.4, 0.5) is 0 Å². The van der Waals surface area contributed by atoms with Crippen molar-refractivity contribution >= 4 is 5.97 Å². The highest BCUT2D eigenvalue weighted by Crippen LogP contribution is 2.30. The molecule has 21 heavy (non-hydrogen) atoms. The Balaban J connectivity index is 2.27. The standard InChI is InChI=1S/C16H24N2O3/c1-12(2)21-14-6-4-13(5-7-14)16(3,15(19)20)18-10-8-17-9-11-18/h4-7,12,17H,8-11H2,1-3H3,(H,19,20). The molecule has 1 saturated heterocycles. The maximum Gasteiger partial charge on any atom is 0.328 e. The summed E-state index contributed by atoms with van der Waals surface area (Å²) in [5.41, 5.74) is -0.216. The highest BCUT2D eigenvalue weighted by Gasteiger charge is 2.41. The third kappa shape index (κ3) is 3.36. The largest absolute Gasteiger partial charge is 0.491 e. The first kappa shape index (κ1) is 15.8. The summed E-state index contributed by atoms with van der Waals surface area (Å²) in [4.78, 5) is 13.9. The number of piperazine rings is 1. The van der Waals surface area contributed by atoms with Gasteiger partial charge in [0.2, 0.25) is 0 Å². The van der Waals surface area contributed by atoms with Crippen molar-refractivity contribution < 1.29 is 14.6 Å². The van der Waals surface area contributed by atoms with Crippen LogP contribution < -0.4 is 10.1 Å². The fraction of sp³-hybridized carbons (Fsp3) is 0.562. The van der Waals surface area contributed by atoms with Crippen LogP contribution in [-0.2, 0) is 10.3 Å². The van der Waals surface area contributed by atoms with Crippen molar-refractivity contribution in [1.29, 1.82) is 0 Å². The van der Waals surface area contributed by atoms with Crippen LogP contribution in [0.5, 0.6) is 5.75 Å². The number of ether oxygens (including phenoxy) is 1. The van der Waals surface area contributed by atoms with Gasteiger partial charge in [-0.05, 0) is 38.5 Å². The number of carbonyl (C=O) groups is 1. The Bertz CT molecular complexity index is 481. The zero-order valence-electron chi connectivity index (χ0n) is 12.9. The number of nitrogens with zero attached hydrogens (tertiary/aromatic N) is 1. The molecule has 1 aliphatic heterocycles. The van der Waals surface area contributed by atoms with E-state index in [1.165, 1.54) is 0 Å². The molecule has 1 atom stereocenters. The van der Waals surface area contributed by atoms with E-state index in [0.29, 0.717) is 0 Å². The maximum absolute atomic E-state index is 11.9. The van der Waals surface area contributed by atoms with Crippen molar-refractivity contribution in [3.8, 4) is 5.75 Å². The van der Waals surface area contributed by atoms with Gasteiger partial charge in [-0.25, -0.2) is 4.79 Å². The highest BCUT2D eigenvalue weighted by atomic mass is 16.5. The summed E-state index contributed by atoms with van der Waals surface area (Å²) in [7, 11) is 0. The number of carboxylic acids is 1. The third-order valence-electron chi connectivity index (χ3n) is 3.95. The molecule has 0 aromatic heterocycles. The molecule has 5 nitrogen and oxygen atoms in total. The molecule has 0 spiro atoms. The summed E-state index contributed by atoms with van der Waals surface area (Å²) in [6.45, 7) is 8.81. The van der Waals surface area contributed by atoms with Gasteiger partial charge in [-0.15, -0.1) is 0 Å². The second kappa shape index (κ2) is 6.45. The highest BCUT2D eigenvalue weighted by molar-refractivity contribution is 5.80. The van der Waals surface area contributed by atoms with Crippen LogP contribution in [0.15, 0.2) is 24.3 Å². The number of nitrogens with one attached hydrogen (secondary N) is 1. The Labute approximate surface area is 125 Å². The average molecular weight is 292 g/mol. The number of hydrogen-bond donors (Lipinski definition) is 2. The first-order valence-electron chi connectivity index (χ1n) is 7.41. The Morgan fingerprint density at radius 1 is 1.29 bits per heavy atom. The van der Waals surface area contributed by atoms with E-state index in [9.17, 15) is 9.90 Å². The van der Waals surface area contributed by atoms with E-state index in [1.54, 1.807) is 6.92 Å². The van der Waals surface area contributed by atoms with E-state index < -0.39 is 11.5 Å². The molecule has 1 unspecified atom stereocenters. The lowest BCUT2D eigenvalue weighted by Crippen LogP contribution is -2.56. The van der Waals surface area contributed by atoms with E-state index in [0.717, 1.165) is 37.5 Å². The van der Waals surface area contributed by atoms with Gasteiger partial charge in [-0.2, -0.15) is 0 Å². The van der Waals surface area contributed by atoms with Gasteiger partial charge in [0.15, 0.2) is 0 Å². The van der Waals surface area contributed by atoms with Crippen LogP contribution in [-0.4, -0.2) is 48.3 Å². The molecule has 0 amide bonds. The second-order valence-electron chi connectivity index (χ2n) is 5.81. The first-order valence-corrected chi connectivity index (χ1v) is 7.41. The van der Waals surface area contributed by atoms with Gasteiger partial charge in [-0.3, -0.25) is 4.90 Å². The lowest BCUT2D eigenvalue weighted by Gasteiger charge is -2.40. The summed E-state index contributed by atoms with van der Waals surface area (Å²) >= 11 is 0. The molecule has 5 heteroatoms. The number of carboxylic acid groups (broad SMARTS) is 1. The molecule has 2 N–H and O–H groups in total. The molecular weight excluding hydrogens is 268 g/mol. The fourth-order valence-electron chi connectivity index (χ4n) is 2.68. The predicted molar refractivity (Wildman–Crippen MR) is 81.6 cm³/mol. The zero-order valence-corrected chi connectivity index (χ0v) is 12.9. The first-order chi connectivity index (χ1) is 9.94. The second-order valence-corrected chi connectivity index (χ2v) is 5.81. The van der Waals surface area contributed by atoms with E-state index >= 15 is 0 Å². The smallest absolute Gasteiger partial charge is 0.328 e. The summed E-state index contributed by atoms with van der Waals surface area (Å²) < 4.78 is 5.62. The maximum atomic E-state index is 11.9. The quantitative estimate of drug-likeness (QED) is 0.864. The van der Waals surface area contributed by atoms with Crippen molar-refractivity contribution in [3.63, 3.8) is 0 Å². The van der Waals surface area contributed by atoms with Gasteiger partial charge in [0, 0.05) is 26.2 Å². The third-order valence-corrected chi connectivity index (χ3v) is 3.95. The van der Waals surface area contributed by atoms with Crippen LogP contribution in [0.1, 0.15) is 26.3 Å². The van der Waals surface area contributed by atoms with Gasteiger partial charge in [0.25, 0.3) is 0 Å². The number of rotatable bonds is 5. The van der Waals surface area contributed by atoms with Crippen LogP contribution in [0, 0.1) is 0 Å². The van der Waals surface area contributed by atoms with Crippen LogP contribution >= 0.6 is 0 Å². The van der Waals surface area contributed by atoms with Crippen molar-refractivity contribution in [3.05, 3.63) is 29.8 Å². The van der Waals surface area contributed by atoms with Crippen LogP contribution in [0.3, 0.4) is 0 Å². The molecule has 1 heterocycles. The molecule has 0 radical (unpaired) electrons. The molecule has 116 valence electrons. The van der Waals surface area contributed by atoms with E-state index in [1.807, 2.05) is 43.0 Å². The van der Waals surface area contributed by atoms with Crippen LogP contribution in [0.25, 0.3) is 0 Å². The lowest BCUT2D eigenvalue weighted by molar-refractivity contribution is -0.151. The van der Waals surface area contributed by atoms with E-state index in [2.05, 4.69) is 5.32 Å². The minimum atomic E-state index is -1.00. The van der Waals surface area contributed by atoms with Crippen molar-refractivity contribution in [2.45, 2.75) is 32.4 Å². The molecule has 2 rings (SSSR count). The van der Waals surface area contributed by atoms with Gasteiger partial charge >= 0.3 is 5.97 Å². The summed E-state index contributed by atoms with van der Waals surface area (Å²) in [5, 5.41) is 13.0. The minimum absolute atomic E-state index is 0.106. The molecule has 1 fully saturated rings. The van der Waals surface area contributed by atoms with Crippen molar-refractivity contribution in [1.82, 2.24) is 10.2 Å². The Hall–Kier alpha value is -1.59. The zero-order chi connectivity index (χ0) is 15.5. The topological polar surface area (TPSA) is 61.8 Å². The minimum Gasteiger partial charge on any atom is -0.491 e. The average Bonchev–Trinajstić information content (AvgIpc) is 2.47. The number of hydrogen-bond acceptors (Lipinski definition) is 4. The normalized spacial score (nSPS) is 19.2. The van der Waals surface area contributed by atoms with Gasteiger partial charge < -0.3 is 15.2 Å². The SMILES string of the molecule is CC(C)Oc1ccc(C(C)(C(=O)O)N2CCNCC2)cc1. The molecule has 1 aromatic carbocycles. The fourth-order valence-corrected chi connectivity index (χ4v) is 2.68. The number of benzene rings is 1. The molecule has 0 aliphatic carbocycles. The van der Waals surface area contributed by atoms with Crippen molar-refractivity contribution in [2.24, 2.45) is 0 Å². The lowest BCUT2D eigenvalue weighted by atomic mass is 9.89. The molecule has 1 aromatic rings. The van der Waals surface area contributed by atoms with Crippen molar-refractivity contribution in [2.75, 3.05) is 26.2 Å². The molecule has 0 bridgehead atoms. The monoisotopic (exact) mass is 292 g/mol. The molecular formula is C16H24N2O3. The predicted octanol–water partition coefficient (Wildman–Crippen LogP) is 1.68.